The molecular formula is C11H18O2. The van der Waals surface area contributed by atoms with Crippen LogP contribution in [-0.2, 0) is 4.79 Å². The quantitative estimate of drug-likeness (QED) is 0.621. The van der Waals surface area contributed by atoms with Crippen LogP contribution in [-0.4, -0.2) is 17.0 Å². The molecule has 2 saturated carbocycles. The van der Waals surface area contributed by atoms with Gasteiger partial charge in [-0.15, -0.1) is 0 Å². The van der Waals surface area contributed by atoms with E-state index in [1.807, 2.05) is 0 Å². The highest BCUT2D eigenvalue weighted by Gasteiger charge is 2.39. The van der Waals surface area contributed by atoms with Gasteiger partial charge in [0.1, 0.15) is 5.78 Å². The molecule has 0 unspecified atom stereocenters. The summed E-state index contributed by atoms with van der Waals surface area (Å²) < 4.78 is 0. The molecule has 0 aromatic carbocycles. The third-order valence-corrected chi connectivity index (χ3v) is 3.63. The van der Waals surface area contributed by atoms with Crippen molar-refractivity contribution in [1.29, 1.82) is 0 Å². The Morgan fingerprint density at radius 2 is 1.92 bits per heavy atom. The largest absolute Gasteiger partial charge is 0.392 e. The van der Waals surface area contributed by atoms with E-state index in [-0.39, 0.29) is 12.0 Å². The third kappa shape index (κ3) is 1.78. The number of aliphatic hydroxyl groups is 1. The number of fused-ring (bicyclic) bond motifs is 1. The monoisotopic (exact) mass is 182 g/mol. The first-order valence-corrected chi connectivity index (χ1v) is 5.50. The van der Waals surface area contributed by atoms with Gasteiger partial charge in [0.2, 0.25) is 0 Å². The number of carbonyl (C=O) groups excluding carboxylic acids is 1. The van der Waals surface area contributed by atoms with Crippen LogP contribution in [0.1, 0.15) is 44.9 Å². The summed E-state index contributed by atoms with van der Waals surface area (Å²) in [4.78, 5) is 11.7. The Labute approximate surface area is 79.3 Å². The summed E-state index contributed by atoms with van der Waals surface area (Å²) in [5.41, 5.74) is 0. The molecule has 2 aliphatic carbocycles. The summed E-state index contributed by atoms with van der Waals surface area (Å²) in [5.74, 6) is 0.831. The molecule has 0 aromatic heterocycles. The van der Waals surface area contributed by atoms with E-state index in [1.165, 1.54) is 12.8 Å². The lowest BCUT2D eigenvalue weighted by molar-refractivity contribution is -0.127. The highest BCUT2D eigenvalue weighted by Crippen LogP contribution is 2.38. The van der Waals surface area contributed by atoms with Gasteiger partial charge in [0, 0.05) is 12.3 Å². The minimum Gasteiger partial charge on any atom is -0.392 e. The fraction of sp³-hybridized carbons (Fsp3) is 0.909. The molecule has 74 valence electrons. The minimum atomic E-state index is -0.324. The molecule has 2 aliphatic rings. The van der Waals surface area contributed by atoms with E-state index >= 15 is 0 Å². The van der Waals surface area contributed by atoms with Crippen LogP contribution in [0.3, 0.4) is 0 Å². The molecule has 0 aromatic rings. The predicted octanol–water partition coefficient (Wildman–Crippen LogP) is 1.91. The van der Waals surface area contributed by atoms with Crippen molar-refractivity contribution < 1.29 is 9.90 Å². The summed E-state index contributed by atoms with van der Waals surface area (Å²) in [6.45, 7) is 0. The van der Waals surface area contributed by atoms with Gasteiger partial charge in [0.05, 0.1) is 6.10 Å². The summed E-state index contributed by atoms with van der Waals surface area (Å²) >= 11 is 0. The normalized spacial score (nSPS) is 41.0. The fourth-order valence-corrected chi connectivity index (χ4v) is 2.91. The zero-order valence-electron chi connectivity index (χ0n) is 8.04. The number of ketones is 1. The second kappa shape index (κ2) is 3.79. The Balaban J connectivity index is 2.09. The Morgan fingerprint density at radius 3 is 2.77 bits per heavy atom. The molecular weight excluding hydrogens is 164 g/mol. The van der Waals surface area contributed by atoms with Gasteiger partial charge >= 0.3 is 0 Å². The molecule has 2 nitrogen and oxygen atoms in total. The standard InChI is InChI=1S/C11H18O2/c12-9-5-3-1-2-4-8-6-7-10(13)11(8)9/h8,10-11,13H,1-7H2/t8-,10+,11-/m1/s1. The highest BCUT2D eigenvalue weighted by atomic mass is 16.3. The molecule has 2 fully saturated rings. The van der Waals surface area contributed by atoms with E-state index in [1.54, 1.807) is 0 Å². The Morgan fingerprint density at radius 1 is 1.08 bits per heavy atom. The van der Waals surface area contributed by atoms with Crippen molar-refractivity contribution in [2.75, 3.05) is 0 Å². The van der Waals surface area contributed by atoms with Crippen LogP contribution in [0.4, 0.5) is 0 Å². The number of aliphatic hydroxyl groups excluding tert-OH is 1. The van der Waals surface area contributed by atoms with E-state index < -0.39 is 0 Å². The van der Waals surface area contributed by atoms with Crippen molar-refractivity contribution in [3.05, 3.63) is 0 Å². The molecule has 13 heavy (non-hydrogen) atoms. The van der Waals surface area contributed by atoms with Crippen molar-refractivity contribution in [3.63, 3.8) is 0 Å². The highest BCUT2D eigenvalue weighted by molar-refractivity contribution is 5.82. The average Bonchev–Trinajstić information content (AvgIpc) is 2.42. The lowest BCUT2D eigenvalue weighted by Crippen LogP contribution is -2.29. The fourth-order valence-electron chi connectivity index (χ4n) is 2.91. The molecule has 2 heteroatoms. The van der Waals surface area contributed by atoms with Gasteiger partial charge in [0.15, 0.2) is 0 Å². The summed E-state index contributed by atoms with van der Waals surface area (Å²) in [7, 11) is 0. The van der Waals surface area contributed by atoms with Crippen molar-refractivity contribution >= 4 is 5.78 Å². The lowest BCUT2D eigenvalue weighted by Gasteiger charge is -2.23. The van der Waals surface area contributed by atoms with Gasteiger partial charge in [-0.25, -0.2) is 0 Å². The molecule has 0 saturated heterocycles. The smallest absolute Gasteiger partial charge is 0.138 e. The molecule has 0 aliphatic heterocycles. The van der Waals surface area contributed by atoms with Crippen LogP contribution in [0, 0.1) is 11.8 Å². The van der Waals surface area contributed by atoms with E-state index in [0.29, 0.717) is 18.1 Å². The maximum Gasteiger partial charge on any atom is 0.138 e. The molecule has 0 spiro atoms. The van der Waals surface area contributed by atoms with Gasteiger partial charge in [0.25, 0.3) is 0 Å². The van der Waals surface area contributed by atoms with Gasteiger partial charge in [-0.05, 0) is 31.6 Å². The van der Waals surface area contributed by atoms with Gasteiger partial charge in [-0.3, -0.25) is 4.79 Å². The zero-order chi connectivity index (χ0) is 9.26. The van der Waals surface area contributed by atoms with Gasteiger partial charge in [-0.1, -0.05) is 12.8 Å². The van der Waals surface area contributed by atoms with E-state index in [9.17, 15) is 9.90 Å². The van der Waals surface area contributed by atoms with Crippen molar-refractivity contribution in [2.45, 2.75) is 51.0 Å². The lowest BCUT2D eigenvalue weighted by atomic mass is 9.82. The second-order valence-electron chi connectivity index (χ2n) is 4.50. The van der Waals surface area contributed by atoms with Gasteiger partial charge < -0.3 is 5.11 Å². The van der Waals surface area contributed by atoms with Crippen LogP contribution < -0.4 is 0 Å². The number of hydrogen-bond donors (Lipinski definition) is 1. The van der Waals surface area contributed by atoms with Crippen molar-refractivity contribution in [1.82, 2.24) is 0 Å². The van der Waals surface area contributed by atoms with Gasteiger partial charge in [-0.2, -0.15) is 0 Å². The first-order valence-electron chi connectivity index (χ1n) is 5.50. The third-order valence-electron chi connectivity index (χ3n) is 3.63. The van der Waals surface area contributed by atoms with Crippen LogP contribution in [0.2, 0.25) is 0 Å². The molecule has 1 N–H and O–H groups in total. The average molecular weight is 182 g/mol. The van der Waals surface area contributed by atoms with Crippen LogP contribution >= 0.6 is 0 Å². The Hall–Kier alpha value is -0.370. The number of rotatable bonds is 0. The predicted molar refractivity (Wildman–Crippen MR) is 50.3 cm³/mol. The maximum absolute atomic E-state index is 11.7. The number of hydrogen-bond acceptors (Lipinski definition) is 2. The molecule has 0 heterocycles. The van der Waals surface area contributed by atoms with Crippen molar-refractivity contribution in [3.8, 4) is 0 Å². The summed E-state index contributed by atoms with van der Waals surface area (Å²) in [6.07, 6.45) is 6.95. The Kier molecular flexibility index (Phi) is 2.68. The Bertz CT molecular complexity index is 200. The summed E-state index contributed by atoms with van der Waals surface area (Å²) in [5, 5.41) is 9.69. The number of carbonyl (C=O) groups is 1. The zero-order valence-corrected chi connectivity index (χ0v) is 8.04. The van der Waals surface area contributed by atoms with Crippen LogP contribution in [0.15, 0.2) is 0 Å². The van der Waals surface area contributed by atoms with E-state index in [0.717, 1.165) is 25.7 Å². The molecule has 3 atom stereocenters. The molecule has 0 radical (unpaired) electrons. The first-order chi connectivity index (χ1) is 6.29. The van der Waals surface area contributed by atoms with Crippen LogP contribution in [0.25, 0.3) is 0 Å². The topological polar surface area (TPSA) is 37.3 Å². The van der Waals surface area contributed by atoms with E-state index in [2.05, 4.69) is 0 Å². The SMILES string of the molecule is O=C1CCCCC[C@@H]2CC[C@H](O)[C@@H]12. The van der Waals surface area contributed by atoms with Crippen molar-refractivity contribution in [2.24, 2.45) is 11.8 Å². The van der Waals surface area contributed by atoms with E-state index in [4.69, 9.17) is 0 Å². The second-order valence-corrected chi connectivity index (χ2v) is 4.50. The molecule has 0 amide bonds. The van der Waals surface area contributed by atoms with Crippen LogP contribution in [0.5, 0.6) is 0 Å². The summed E-state index contributed by atoms with van der Waals surface area (Å²) in [6, 6.07) is 0. The molecule has 2 rings (SSSR count). The minimum absolute atomic E-state index is 0.000278. The first kappa shape index (κ1) is 9.20. The molecule has 0 bridgehead atoms. The maximum atomic E-state index is 11.7. The number of Topliss-reactive ketones (excluding diaryl/α,β-unsaturated/α-hetero) is 1.